The summed E-state index contributed by atoms with van der Waals surface area (Å²) in [6.45, 7) is -0.118. The number of carboxylic acid groups (broad SMARTS) is 1. The number of nitrogens with zero attached hydrogens (tertiary/aromatic N) is 1. The van der Waals surface area contributed by atoms with Gasteiger partial charge in [-0.25, -0.2) is 9.18 Å². The predicted octanol–water partition coefficient (Wildman–Crippen LogP) is 3.63. The Labute approximate surface area is 125 Å². The molecule has 0 saturated heterocycles. The lowest BCUT2D eigenvalue weighted by Gasteiger charge is -2.09. The van der Waals surface area contributed by atoms with Crippen molar-refractivity contribution in [2.24, 2.45) is 0 Å². The van der Waals surface area contributed by atoms with E-state index in [-0.39, 0.29) is 34.1 Å². The van der Waals surface area contributed by atoms with Crippen molar-refractivity contribution in [3.05, 3.63) is 63.9 Å². The molecule has 0 aromatic heterocycles. The minimum absolute atomic E-state index is 0.0324. The van der Waals surface area contributed by atoms with Gasteiger partial charge >= 0.3 is 5.97 Å². The fourth-order valence-electron chi connectivity index (χ4n) is 1.68. The second-order valence-corrected chi connectivity index (χ2v) is 4.54. The van der Waals surface area contributed by atoms with Crippen LogP contribution in [0.1, 0.15) is 21.5 Å². The van der Waals surface area contributed by atoms with Crippen molar-refractivity contribution in [2.45, 2.75) is 6.61 Å². The number of carboxylic acids is 1. The molecule has 21 heavy (non-hydrogen) atoms. The molecule has 6 heteroatoms. The number of carbonyl (C=O) groups is 1. The van der Waals surface area contributed by atoms with Gasteiger partial charge in [0.25, 0.3) is 0 Å². The molecule has 2 rings (SSSR count). The van der Waals surface area contributed by atoms with Crippen molar-refractivity contribution in [1.82, 2.24) is 0 Å². The quantitative estimate of drug-likeness (QED) is 0.936. The zero-order valence-electron chi connectivity index (χ0n) is 10.6. The third kappa shape index (κ3) is 3.30. The molecular weight excluding hydrogens is 297 g/mol. The van der Waals surface area contributed by atoms with Crippen molar-refractivity contribution in [3.8, 4) is 11.8 Å². The van der Waals surface area contributed by atoms with E-state index in [9.17, 15) is 9.18 Å². The normalized spacial score (nSPS) is 9.95. The zero-order chi connectivity index (χ0) is 15.4. The first-order valence-electron chi connectivity index (χ1n) is 5.86. The molecule has 0 aliphatic heterocycles. The molecule has 0 heterocycles. The van der Waals surface area contributed by atoms with Crippen LogP contribution in [0.2, 0.25) is 5.02 Å². The topological polar surface area (TPSA) is 70.3 Å². The first kappa shape index (κ1) is 14.8. The van der Waals surface area contributed by atoms with Gasteiger partial charge in [0.1, 0.15) is 24.2 Å². The van der Waals surface area contributed by atoms with E-state index in [1.165, 1.54) is 30.3 Å². The third-order valence-corrected chi connectivity index (χ3v) is 3.06. The van der Waals surface area contributed by atoms with Crippen LogP contribution in [-0.4, -0.2) is 11.1 Å². The Hall–Kier alpha value is -2.58. The van der Waals surface area contributed by atoms with Crippen LogP contribution < -0.4 is 4.74 Å². The maximum Gasteiger partial charge on any atom is 0.335 e. The number of hydrogen-bond donors (Lipinski definition) is 1. The van der Waals surface area contributed by atoms with E-state index in [2.05, 4.69) is 0 Å². The summed E-state index contributed by atoms with van der Waals surface area (Å²) in [7, 11) is 0. The zero-order valence-corrected chi connectivity index (χ0v) is 11.4. The summed E-state index contributed by atoms with van der Waals surface area (Å²) in [4.78, 5) is 10.8. The summed E-state index contributed by atoms with van der Waals surface area (Å²) >= 11 is 5.90. The van der Waals surface area contributed by atoms with E-state index in [1.807, 2.05) is 0 Å². The standard InChI is InChI=1S/C15H9ClFNO3/c16-12-6-9(15(19)20)4-5-13(12)21-8-11-3-1-2-10(7-18)14(11)17/h1-6H,8H2,(H,19,20). The van der Waals surface area contributed by atoms with E-state index in [1.54, 1.807) is 12.1 Å². The van der Waals surface area contributed by atoms with Crippen molar-refractivity contribution in [1.29, 1.82) is 5.26 Å². The van der Waals surface area contributed by atoms with Crippen molar-refractivity contribution < 1.29 is 19.0 Å². The van der Waals surface area contributed by atoms with Gasteiger partial charge in [-0.05, 0) is 24.3 Å². The maximum atomic E-state index is 13.8. The molecule has 0 fully saturated rings. The van der Waals surface area contributed by atoms with Crippen molar-refractivity contribution in [3.63, 3.8) is 0 Å². The minimum Gasteiger partial charge on any atom is -0.487 e. The highest BCUT2D eigenvalue weighted by molar-refractivity contribution is 6.32. The largest absolute Gasteiger partial charge is 0.487 e. The van der Waals surface area contributed by atoms with Gasteiger partial charge in [-0.1, -0.05) is 23.7 Å². The van der Waals surface area contributed by atoms with Gasteiger partial charge in [0.05, 0.1) is 16.1 Å². The number of hydrogen-bond acceptors (Lipinski definition) is 3. The second-order valence-electron chi connectivity index (χ2n) is 4.13. The van der Waals surface area contributed by atoms with Crippen LogP contribution in [0.3, 0.4) is 0 Å². The van der Waals surface area contributed by atoms with Crippen LogP contribution >= 0.6 is 11.6 Å². The molecule has 0 amide bonds. The smallest absolute Gasteiger partial charge is 0.335 e. The van der Waals surface area contributed by atoms with Crippen LogP contribution in [0.25, 0.3) is 0 Å². The lowest BCUT2D eigenvalue weighted by molar-refractivity contribution is 0.0697. The molecule has 106 valence electrons. The Morgan fingerprint density at radius 2 is 2.14 bits per heavy atom. The highest BCUT2D eigenvalue weighted by atomic mass is 35.5. The molecule has 0 saturated carbocycles. The van der Waals surface area contributed by atoms with Gasteiger partial charge < -0.3 is 9.84 Å². The molecule has 0 aliphatic carbocycles. The Morgan fingerprint density at radius 3 is 2.76 bits per heavy atom. The van der Waals surface area contributed by atoms with E-state index in [0.717, 1.165) is 0 Å². The SMILES string of the molecule is N#Cc1cccc(COc2ccc(C(=O)O)cc2Cl)c1F. The molecule has 2 aromatic rings. The molecule has 2 aromatic carbocycles. The van der Waals surface area contributed by atoms with Crippen molar-refractivity contribution >= 4 is 17.6 Å². The lowest BCUT2D eigenvalue weighted by atomic mass is 10.1. The number of aromatic carboxylic acids is 1. The van der Waals surface area contributed by atoms with Crippen LogP contribution in [0.4, 0.5) is 4.39 Å². The van der Waals surface area contributed by atoms with E-state index in [0.29, 0.717) is 0 Å². The van der Waals surface area contributed by atoms with Gasteiger partial charge in [0.15, 0.2) is 0 Å². The summed E-state index contributed by atoms with van der Waals surface area (Å²) in [6, 6.07) is 10.1. The van der Waals surface area contributed by atoms with E-state index in [4.69, 9.17) is 26.7 Å². The van der Waals surface area contributed by atoms with Gasteiger partial charge in [-0.15, -0.1) is 0 Å². The van der Waals surface area contributed by atoms with Crippen LogP contribution in [0.15, 0.2) is 36.4 Å². The van der Waals surface area contributed by atoms with Crippen LogP contribution in [0, 0.1) is 17.1 Å². The second kappa shape index (κ2) is 6.25. The average Bonchev–Trinajstić information content (AvgIpc) is 2.47. The highest BCUT2D eigenvalue weighted by Gasteiger charge is 2.11. The van der Waals surface area contributed by atoms with Gasteiger partial charge in [0, 0.05) is 5.56 Å². The first-order valence-corrected chi connectivity index (χ1v) is 6.24. The van der Waals surface area contributed by atoms with Crippen LogP contribution in [0.5, 0.6) is 5.75 Å². The van der Waals surface area contributed by atoms with Crippen LogP contribution in [-0.2, 0) is 6.61 Å². The number of benzene rings is 2. The molecule has 0 spiro atoms. The maximum absolute atomic E-state index is 13.8. The Balaban J connectivity index is 2.18. The highest BCUT2D eigenvalue weighted by Crippen LogP contribution is 2.26. The third-order valence-electron chi connectivity index (χ3n) is 2.76. The Kier molecular flexibility index (Phi) is 4.41. The monoisotopic (exact) mass is 305 g/mol. The molecule has 0 aliphatic rings. The summed E-state index contributed by atoms with van der Waals surface area (Å²) in [5.41, 5.74) is 0.181. The summed E-state index contributed by atoms with van der Waals surface area (Å²) in [6.07, 6.45) is 0. The predicted molar refractivity (Wildman–Crippen MR) is 73.9 cm³/mol. The summed E-state index contributed by atoms with van der Waals surface area (Å²) in [5, 5.41) is 17.7. The summed E-state index contributed by atoms with van der Waals surface area (Å²) < 4.78 is 19.2. The number of rotatable bonds is 4. The molecule has 0 bridgehead atoms. The molecular formula is C15H9ClFNO3. The fraction of sp³-hybridized carbons (Fsp3) is 0.0667. The minimum atomic E-state index is -1.10. The van der Waals surface area contributed by atoms with Crippen molar-refractivity contribution in [2.75, 3.05) is 0 Å². The van der Waals surface area contributed by atoms with Gasteiger partial charge in [-0.2, -0.15) is 5.26 Å². The molecule has 4 nitrogen and oxygen atoms in total. The fourth-order valence-corrected chi connectivity index (χ4v) is 1.92. The average molecular weight is 306 g/mol. The summed E-state index contributed by atoms with van der Waals surface area (Å²) in [5.74, 6) is -1.50. The lowest BCUT2D eigenvalue weighted by Crippen LogP contribution is -2.02. The first-order chi connectivity index (χ1) is 10.0. The van der Waals surface area contributed by atoms with E-state index >= 15 is 0 Å². The number of halogens is 2. The molecule has 0 unspecified atom stereocenters. The Bertz CT molecular complexity index is 740. The molecule has 0 atom stereocenters. The Morgan fingerprint density at radius 1 is 1.38 bits per heavy atom. The van der Waals surface area contributed by atoms with Gasteiger partial charge in [-0.3, -0.25) is 0 Å². The molecule has 0 radical (unpaired) electrons. The molecule has 1 N–H and O–H groups in total. The number of nitriles is 1. The number of ether oxygens (including phenoxy) is 1. The van der Waals surface area contributed by atoms with Gasteiger partial charge in [0.2, 0.25) is 0 Å². The van der Waals surface area contributed by atoms with E-state index < -0.39 is 11.8 Å².